The summed E-state index contributed by atoms with van der Waals surface area (Å²) in [6.07, 6.45) is 1.31. The van der Waals surface area contributed by atoms with Crippen molar-refractivity contribution in [3.63, 3.8) is 0 Å². The highest BCUT2D eigenvalue weighted by molar-refractivity contribution is 5.92. The second-order valence-electron chi connectivity index (χ2n) is 9.13. The molecule has 4 rings (SSSR count). The van der Waals surface area contributed by atoms with Gasteiger partial charge in [0.2, 0.25) is 11.8 Å². The van der Waals surface area contributed by atoms with Crippen LogP contribution in [-0.4, -0.2) is 48.1 Å². The molecule has 4 N–H and O–H groups in total. The molecule has 8 nitrogen and oxygen atoms in total. The first-order valence-electron chi connectivity index (χ1n) is 12.3. The van der Waals surface area contributed by atoms with Crippen molar-refractivity contribution in [3.05, 3.63) is 95.6 Å². The summed E-state index contributed by atoms with van der Waals surface area (Å²) in [4.78, 5) is 38.6. The number of benzene rings is 3. The Morgan fingerprint density at radius 3 is 2.16 bits per heavy atom. The summed E-state index contributed by atoms with van der Waals surface area (Å²) < 4.78 is 6.01. The number of carbonyl (C=O) groups is 3. The number of likely N-dealkylation sites (N-methyl/N-ethyl adjacent to an activating group) is 1. The number of aryl methyl sites for hydroxylation is 1. The molecule has 0 fully saturated rings. The van der Waals surface area contributed by atoms with Gasteiger partial charge >= 0.3 is 5.97 Å². The molecule has 0 unspecified atom stereocenters. The molecule has 2 amide bonds. The van der Waals surface area contributed by atoms with Crippen LogP contribution in [0.1, 0.15) is 23.1 Å². The van der Waals surface area contributed by atoms with Crippen molar-refractivity contribution in [1.82, 2.24) is 16.0 Å². The van der Waals surface area contributed by atoms with E-state index in [1.165, 1.54) is 0 Å². The van der Waals surface area contributed by atoms with E-state index in [1.54, 1.807) is 31.3 Å². The molecule has 4 bridgehead atoms. The Labute approximate surface area is 216 Å². The minimum atomic E-state index is -1.17. The number of amides is 2. The minimum Gasteiger partial charge on any atom is -0.480 e. The van der Waals surface area contributed by atoms with Crippen molar-refractivity contribution in [2.45, 2.75) is 43.8 Å². The van der Waals surface area contributed by atoms with E-state index in [4.69, 9.17) is 4.74 Å². The fourth-order valence-electron chi connectivity index (χ4n) is 4.37. The third-order valence-corrected chi connectivity index (χ3v) is 6.39. The average molecular weight is 502 g/mol. The molecule has 0 saturated carbocycles. The van der Waals surface area contributed by atoms with Gasteiger partial charge in [0.1, 0.15) is 23.6 Å². The van der Waals surface area contributed by atoms with Crippen LogP contribution in [0.5, 0.6) is 11.5 Å². The van der Waals surface area contributed by atoms with Gasteiger partial charge in [-0.3, -0.25) is 9.59 Å². The van der Waals surface area contributed by atoms with Crippen LogP contribution in [0.4, 0.5) is 0 Å². The van der Waals surface area contributed by atoms with E-state index in [9.17, 15) is 19.5 Å². The molecule has 1 heterocycles. The molecule has 37 heavy (non-hydrogen) atoms. The third kappa shape index (κ3) is 7.17. The number of ether oxygens (including phenoxy) is 1. The SMILES string of the molecule is CN[C@H]1Cc2cccc(c2)Oc2cccc(c2)C[C@@H](C(=O)O)NC(=O)[C@H](CCc2ccccc2)NC1=O. The van der Waals surface area contributed by atoms with E-state index in [1.807, 2.05) is 54.6 Å². The molecule has 1 aliphatic rings. The Bertz CT molecular complexity index is 1250. The van der Waals surface area contributed by atoms with Crippen molar-refractivity contribution in [3.8, 4) is 11.5 Å². The minimum absolute atomic E-state index is 0.0663. The summed E-state index contributed by atoms with van der Waals surface area (Å²) in [5, 5.41) is 18.4. The van der Waals surface area contributed by atoms with Gasteiger partial charge in [0.15, 0.2) is 0 Å². The summed E-state index contributed by atoms with van der Waals surface area (Å²) in [7, 11) is 1.69. The summed E-state index contributed by atoms with van der Waals surface area (Å²) in [5.41, 5.74) is 2.62. The summed E-state index contributed by atoms with van der Waals surface area (Å²) in [6.45, 7) is 0. The van der Waals surface area contributed by atoms with Crippen molar-refractivity contribution in [1.29, 1.82) is 0 Å². The van der Waals surface area contributed by atoms with E-state index in [2.05, 4.69) is 16.0 Å². The number of hydrogen-bond acceptors (Lipinski definition) is 5. The zero-order valence-electron chi connectivity index (χ0n) is 20.6. The number of fused-ring (bicyclic) bond motifs is 4. The highest BCUT2D eigenvalue weighted by Gasteiger charge is 2.29. The number of carboxylic acid groups (broad SMARTS) is 1. The lowest BCUT2D eigenvalue weighted by Gasteiger charge is -2.24. The van der Waals surface area contributed by atoms with Crippen molar-refractivity contribution in [2.24, 2.45) is 0 Å². The number of carbonyl (C=O) groups excluding carboxylic acids is 2. The largest absolute Gasteiger partial charge is 0.480 e. The van der Waals surface area contributed by atoms with E-state index >= 15 is 0 Å². The van der Waals surface area contributed by atoms with E-state index in [-0.39, 0.29) is 12.3 Å². The maximum atomic E-state index is 13.3. The van der Waals surface area contributed by atoms with Crippen molar-refractivity contribution < 1.29 is 24.2 Å². The Hall–Kier alpha value is -4.17. The first-order valence-corrected chi connectivity index (χ1v) is 12.3. The fourth-order valence-corrected chi connectivity index (χ4v) is 4.37. The lowest BCUT2D eigenvalue weighted by Crippen LogP contribution is -2.55. The maximum absolute atomic E-state index is 13.3. The van der Waals surface area contributed by atoms with Crippen LogP contribution in [0.3, 0.4) is 0 Å². The molecule has 0 saturated heterocycles. The van der Waals surface area contributed by atoms with E-state index in [0.29, 0.717) is 36.3 Å². The molecule has 8 heteroatoms. The van der Waals surface area contributed by atoms with Crippen LogP contribution in [-0.2, 0) is 33.6 Å². The molecule has 3 atom stereocenters. The molecule has 0 aromatic heterocycles. The first kappa shape index (κ1) is 25.9. The van der Waals surface area contributed by atoms with Crippen LogP contribution in [0.15, 0.2) is 78.9 Å². The van der Waals surface area contributed by atoms with Crippen LogP contribution >= 0.6 is 0 Å². The molecule has 0 spiro atoms. The summed E-state index contributed by atoms with van der Waals surface area (Å²) in [5.74, 6) is -0.865. The predicted molar refractivity (Wildman–Crippen MR) is 139 cm³/mol. The Morgan fingerprint density at radius 1 is 0.892 bits per heavy atom. The third-order valence-electron chi connectivity index (χ3n) is 6.39. The molecule has 1 aliphatic heterocycles. The van der Waals surface area contributed by atoms with Crippen LogP contribution in [0, 0.1) is 0 Å². The number of aliphatic carboxylic acids is 1. The fraction of sp³-hybridized carbons (Fsp3) is 0.276. The van der Waals surface area contributed by atoms with Gasteiger partial charge in [0.05, 0.1) is 6.04 Å². The molecular formula is C29H31N3O5. The molecular weight excluding hydrogens is 470 g/mol. The number of rotatable bonds is 5. The van der Waals surface area contributed by atoms with Gasteiger partial charge in [-0.25, -0.2) is 4.79 Å². The highest BCUT2D eigenvalue weighted by atomic mass is 16.5. The molecule has 192 valence electrons. The molecule has 0 aliphatic carbocycles. The Kier molecular flexibility index (Phi) is 8.53. The Balaban J connectivity index is 1.66. The standard InChI is InChI=1S/C29H31N3O5/c1-30-25-17-20-9-5-11-22(15-20)37-23-12-6-10-21(16-23)18-26(29(35)36)32-27(33)24(31-28(25)34)14-13-19-7-3-2-4-8-19/h2-12,15-16,24-26,30H,13-14,17-18H2,1H3,(H,31,34)(H,32,33)(H,35,36)/t24-,25-,26-/m0/s1. The maximum Gasteiger partial charge on any atom is 0.326 e. The first-order chi connectivity index (χ1) is 17.9. The lowest BCUT2D eigenvalue weighted by atomic mass is 10.0. The summed E-state index contributed by atoms with van der Waals surface area (Å²) in [6, 6.07) is 21.6. The van der Waals surface area contributed by atoms with Crippen molar-refractivity contribution >= 4 is 17.8 Å². The zero-order valence-corrected chi connectivity index (χ0v) is 20.6. The van der Waals surface area contributed by atoms with Crippen LogP contribution < -0.4 is 20.7 Å². The highest BCUT2D eigenvalue weighted by Crippen LogP contribution is 2.24. The molecule has 0 radical (unpaired) electrons. The van der Waals surface area contributed by atoms with Crippen molar-refractivity contribution in [2.75, 3.05) is 7.05 Å². The van der Waals surface area contributed by atoms with Gasteiger partial charge < -0.3 is 25.8 Å². The van der Waals surface area contributed by atoms with Gasteiger partial charge in [0.25, 0.3) is 0 Å². The number of hydrogen-bond donors (Lipinski definition) is 4. The quantitative estimate of drug-likeness (QED) is 0.427. The monoisotopic (exact) mass is 501 g/mol. The second-order valence-corrected chi connectivity index (χ2v) is 9.13. The normalized spacial score (nSPS) is 20.3. The zero-order chi connectivity index (χ0) is 26.2. The predicted octanol–water partition coefficient (Wildman–Crippen LogP) is 2.85. The van der Waals surface area contributed by atoms with E-state index < -0.39 is 30.0 Å². The average Bonchev–Trinajstić information content (AvgIpc) is 2.89. The number of nitrogens with one attached hydrogen (secondary N) is 3. The molecule has 3 aromatic carbocycles. The van der Waals surface area contributed by atoms with Gasteiger partial charge in [0, 0.05) is 6.42 Å². The van der Waals surface area contributed by atoms with E-state index in [0.717, 1.165) is 11.1 Å². The topological polar surface area (TPSA) is 117 Å². The number of carboxylic acids is 1. The van der Waals surface area contributed by atoms with Crippen LogP contribution in [0.2, 0.25) is 0 Å². The van der Waals surface area contributed by atoms with Crippen LogP contribution in [0.25, 0.3) is 0 Å². The lowest BCUT2D eigenvalue weighted by molar-refractivity contribution is -0.142. The van der Waals surface area contributed by atoms with Gasteiger partial charge in [-0.15, -0.1) is 0 Å². The van der Waals surface area contributed by atoms with Gasteiger partial charge in [-0.2, -0.15) is 0 Å². The smallest absolute Gasteiger partial charge is 0.326 e. The molecule has 3 aromatic rings. The second kappa shape index (κ2) is 12.2. The Morgan fingerprint density at radius 2 is 1.54 bits per heavy atom. The van der Waals surface area contributed by atoms with Gasteiger partial charge in [-0.1, -0.05) is 54.6 Å². The van der Waals surface area contributed by atoms with Gasteiger partial charge in [-0.05, 0) is 67.3 Å². The summed E-state index contributed by atoms with van der Waals surface area (Å²) >= 11 is 0.